The summed E-state index contributed by atoms with van der Waals surface area (Å²) in [6.45, 7) is 0.477. The van der Waals surface area contributed by atoms with Gasteiger partial charge in [0.2, 0.25) is 11.8 Å². The molecule has 0 fully saturated rings. The maximum atomic E-state index is 12.0. The van der Waals surface area contributed by atoms with Gasteiger partial charge in [-0.05, 0) is 25.2 Å². The van der Waals surface area contributed by atoms with Crippen molar-refractivity contribution in [2.24, 2.45) is 0 Å². The third-order valence-electron chi connectivity index (χ3n) is 3.95. The molecule has 2 aromatic rings. The summed E-state index contributed by atoms with van der Waals surface area (Å²) in [6.07, 6.45) is 0.276. The molecule has 2 N–H and O–H groups in total. The van der Waals surface area contributed by atoms with E-state index in [-0.39, 0.29) is 30.8 Å². The number of carbonyl (C=O) groups excluding carboxylic acids is 2. The van der Waals surface area contributed by atoms with Gasteiger partial charge in [-0.2, -0.15) is 0 Å². The van der Waals surface area contributed by atoms with Crippen LogP contribution in [0.5, 0.6) is 0 Å². The highest BCUT2D eigenvalue weighted by Gasteiger charge is 2.15. The molecular formula is C20H25N3O2. The van der Waals surface area contributed by atoms with Crippen LogP contribution in [0, 0.1) is 0 Å². The summed E-state index contributed by atoms with van der Waals surface area (Å²) in [6, 6.07) is 19.6. The minimum absolute atomic E-state index is 0.0133. The molecule has 0 spiro atoms. The van der Waals surface area contributed by atoms with Crippen molar-refractivity contribution < 1.29 is 9.59 Å². The first-order valence-electron chi connectivity index (χ1n) is 8.35. The summed E-state index contributed by atoms with van der Waals surface area (Å²) in [5.74, 6) is -0.349. The Hall–Kier alpha value is -2.66. The molecule has 0 saturated heterocycles. The predicted octanol–water partition coefficient (Wildman–Crippen LogP) is 1.76. The molecule has 2 aromatic carbocycles. The standard InChI is InChI=1S/C20H25N3O2/c1-23(2)18(17-11-7-4-8-12-17)14-21-20(25)15-22-19(24)13-16-9-5-3-6-10-16/h3-12,18H,13-15H2,1-2H3,(H,21,25)(H,22,24)/t18-/m0/s1. The summed E-state index contributed by atoms with van der Waals surface area (Å²) >= 11 is 0. The van der Waals surface area contributed by atoms with Crippen LogP contribution in [-0.4, -0.2) is 43.9 Å². The number of hydrogen-bond donors (Lipinski definition) is 2. The third-order valence-corrected chi connectivity index (χ3v) is 3.95. The SMILES string of the molecule is CN(C)[C@@H](CNC(=O)CNC(=O)Cc1ccccc1)c1ccccc1. The van der Waals surface area contributed by atoms with E-state index in [1.165, 1.54) is 0 Å². The molecular weight excluding hydrogens is 314 g/mol. The van der Waals surface area contributed by atoms with Crippen LogP contribution in [0.3, 0.4) is 0 Å². The quantitative estimate of drug-likeness (QED) is 0.770. The van der Waals surface area contributed by atoms with Crippen LogP contribution >= 0.6 is 0 Å². The van der Waals surface area contributed by atoms with Crippen molar-refractivity contribution in [3.05, 3.63) is 71.8 Å². The van der Waals surface area contributed by atoms with Gasteiger partial charge in [-0.3, -0.25) is 9.59 Å². The van der Waals surface area contributed by atoms with Crippen molar-refractivity contribution in [1.82, 2.24) is 15.5 Å². The number of amides is 2. The van der Waals surface area contributed by atoms with Gasteiger partial charge >= 0.3 is 0 Å². The fraction of sp³-hybridized carbons (Fsp3) is 0.300. The number of rotatable bonds is 8. The topological polar surface area (TPSA) is 61.4 Å². The molecule has 0 heterocycles. The van der Waals surface area contributed by atoms with Gasteiger partial charge in [-0.1, -0.05) is 60.7 Å². The van der Waals surface area contributed by atoms with Gasteiger partial charge in [0.15, 0.2) is 0 Å². The first kappa shape index (κ1) is 18.7. The molecule has 2 rings (SSSR count). The first-order valence-corrected chi connectivity index (χ1v) is 8.35. The molecule has 0 aromatic heterocycles. The van der Waals surface area contributed by atoms with Crippen LogP contribution in [0.25, 0.3) is 0 Å². The van der Waals surface area contributed by atoms with Crippen LogP contribution in [0.2, 0.25) is 0 Å². The molecule has 0 radical (unpaired) electrons. The highest BCUT2D eigenvalue weighted by atomic mass is 16.2. The molecule has 25 heavy (non-hydrogen) atoms. The Kier molecular flexibility index (Phi) is 7.16. The van der Waals surface area contributed by atoms with Gasteiger partial charge in [-0.25, -0.2) is 0 Å². The smallest absolute Gasteiger partial charge is 0.239 e. The molecule has 1 atom stereocenters. The summed E-state index contributed by atoms with van der Waals surface area (Å²) in [7, 11) is 3.96. The number of nitrogens with one attached hydrogen (secondary N) is 2. The monoisotopic (exact) mass is 339 g/mol. The Morgan fingerprint density at radius 3 is 2.08 bits per heavy atom. The lowest BCUT2D eigenvalue weighted by molar-refractivity contribution is -0.125. The molecule has 0 saturated carbocycles. The van der Waals surface area contributed by atoms with E-state index in [2.05, 4.69) is 15.5 Å². The average Bonchev–Trinajstić information content (AvgIpc) is 2.61. The molecule has 0 aliphatic carbocycles. The fourth-order valence-corrected chi connectivity index (χ4v) is 2.57. The molecule has 0 unspecified atom stereocenters. The predicted molar refractivity (Wildman–Crippen MR) is 99.0 cm³/mol. The fourth-order valence-electron chi connectivity index (χ4n) is 2.57. The van der Waals surface area contributed by atoms with E-state index in [0.29, 0.717) is 6.54 Å². The second kappa shape index (κ2) is 9.59. The van der Waals surface area contributed by atoms with Crippen LogP contribution in [0.4, 0.5) is 0 Å². The van der Waals surface area contributed by atoms with Crippen LogP contribution in [0.1, 0.15) is 17.2 Å². The number of benzene rings is 2. The molecule has 0 bridgehead atoms. The lowest BCUT2D eigenvalue weighted by Crippen LogP contribution is -2.41. The number of carbonyl (C=O) groups is 2. The van der Waals surface area contributed by atoms with Crippen molar-refractivity contribution in [2.75, 3.05) is 27.2 Å². The van der Waals surface area contributed by atoms with Crippen LogP contribution in [0.15, 0.2) is 60.7 Å². The molecule has 0 aliphatic rings. The maximum absolute atomic E-state index is 12.0. The van der Waals surface area contributed by atoms with Gasteiger partial charge in [0.1, 0.15) is 0 Å². The lowest BCUT2D eigenvalue weighted by atomic mass is 10.1. The maximum Gasteiger partial charge on any atom is 0.239 e. The second-order valence-corrected chi connectivity index (χ2v) is 6.13. The Labute approximate surface area is 149 Å². The van der Waals surface area contributed by atoms with E-state index < -0.39 is 0 Å². The minimum Gasteiger partial charge on any atom is -0.353 e. The van der Waals surface area contributed by atoms with E-state index in [1.54, 1.807) is 0 Å². The van der Waals surface area contributed by atoms with E-state index >= 15 is 0 Å². The molecule has 2 amide bonds. The van der Waals surface area contributed by atoms with E-state index in [1.807, 2.05) is 74.8 Å². The third kappa shape index (κ3) is 6.39. The van der Waals surface area contributed by atoms with Crippen LogP contribution in [-0.2, 0) is 16.0 Å². The van der Waals surface area contributed by atoms with Gasteiger partial charge in [-0.15, -0.1) is 0 Å². The van der Waals surface area contributed by atoms with Gasteiger partial charge in [0.25, 0.3) is 0 Å². The number of nitrogens with zero attached hydrogens (tertiary/aromatic N) is 1. The summed E-state index contributed by atoms with van der Waals surface area (Å²) in [5.41, 5.74) is 2.07. The second-order valence-electron chi connectivity index (χ2n) is 6.13. The zero-order chi connectivity index (χ0) is 18.1. The van der Waals surface area contributed by atoms with Gasteiger partial charge in [0.05, 0.1) is 19.0 Å². The Morgan fingerprint density at radius 1 is 0.880 bits per heavy atom. The number of likely N-dealkylation sites (N-methyl/N-ethyl adjacent to an activating group) is 1. The van der Waals surface area contributed by atoms with E-state index in [0.717, 1.165) is 11.1 Å². The number of hydrogen-bond acceptors (Lipinski definition) is 3. The van der Waals surface area contributed by atoms with Gasteiger partial charge in [0, 0.05) is 6.54 Å². The minimum atomic E-state index is -0.191. The average molecular weight is 339 g/mol. The zero-order valence-electron chi connectivity index (χ0n) is 14.7. The largest absolute Gasteiger partial charge is 0.353 e. The van der Waals surface area contributed by atoms with Crippen molar-refractivity contribution in [2.45, 2.75) is 12.5 Å². The Balaban J connectivity index is 1.76. The normalized spacial score (nSPS) is 11.8. The molecule has 5 heteroatoms. The lowest BCUT2D eigenvalue weighted by Gasteiger charge is -2.25. The van der Waals surface area contributed by atoms with E-state index in [4.69, 9.17) is 0 Å². The Morgan fingerprint density at radius 2 is 1.48 bits per heavy atom. The highest BCUT2D eigenvalue weighted by molar-refractivity contribution is 5.85. The van der Waals surface area contributed by atoms with Gasteiger partial charge < -0.3 is 15.5 Å². The van der Waals surface area contributed by atoms with Crippen molar-refractivity contribution >= 4 is 11.8 Å². The summed E-state index contributed by atoms with van der Waals surface area (Å²) in [5, 5.41) is 5.55. The van der Waals surface area contributed by atoms with Crippen LogP contribution < -0.4 is 10.6 Å². The summed E-state index contributed by atoms with van der Waals surface area (Å²) in [4.78, 5) is 26.0. The zero-order valence-corrected chi connectivity index (χ0v) is 14.7. The van der Waals surface area contributed by atoms with Crippen molar-refractivity contribution in [1.29, 1.82) is 0 Å². The summed E-state index contributed by atoms with van der Waals surface area (Å²) < 4.78 is 0. The highest BCUT2D eigenvalue weighted by Crippen LogP contribution is 2.16. The molecule has 5 nitrogen and oxygen atoms in total. The Bertz CT molecular complexity index is 672. The molecule has 0 aliphatic heterocycles. The van der Waals surface area contributed by atoms with Crippen molar-refractivity contribution in [3.8, 4) is 0 Å². The van der Waals surface area contributed by atoms with Crippen molar-refractivity contribution in [3.63, 3.8) is 0 Å². The first-order chi connectivity index (χ1) is 12.1. The van der Waals surface area contributed by atoms with E-state index in [9.17, 15) is 9.59 Å². The molecule has 132 valence electrons.